The fourth-order valence-corrected chi connectivity index (χ4v) is 4.20. The second kappa shape index (κ2) is 7.87. The quantitative estimate of drug-likeness (QED) is 0.633. The largest absolute Gasteiger partial charge is 0.341 e. The van der Waals surface area contributed by atoms with Gasteiger partial charge in [-0.2, -0.15) is 4.68 Å². The summed E-state index contributed by atoms with van der Waals surface area (Å²) in [6, 6.07) is 15.7. The Morgan fingerprint density at radius 3 is 2.59 bits per heavy atom. The molecule has 3 aromatic rings. The number of carbonyl (C=O) groups excluding carboxylic acids is 1. The molecule has 1 amide bonds. The SMILES string of the molecule is O=C([C@@H](Sc1nnnn1-c1cccc(F)c1)c1ccccc1)N1CCCC1. The highest BCUT2D eigenvalue weighted by atomic mass is 32.2. The van der Waals surface area contributed by atoms with E-state index in [0.717, 1.165) is 31.5 Å². The van der Waals surface area contributed by atoms with Crippen molar-refractivity contribution in [3.8, 4) is 5.69 Å². The van der Waals surface area contributed by atoms with Crippen molar-refractivity contribution in [3.05, 3.63) is 66.0 Å². The third-order valence-corrected chi connectivity index (χ3v) is 5.64. The van der Waals surface area contributed by atoms with Crippen LogP contribution in [-0.4, -0.2) is 44.1 Å². The van der Waals surface area contributed by atoms with Gasteiger partial charge in [0.25, 0.3) is 0 Å². The summed E-state index contributed by atoms with van der Waals surface area (Å²) in [6.45, 7) is 1.55. The minimum absolute atomic E-state index is 0.0532. The molecular formula is C19H18FN5OS. The highest BCUT2D eigenvalue weighted by molar-refractivity contribution is 8.00. The molecule has 138 valence electrons. The van der Waals surface area contributed by atoms with Crippen LogP contribution >= 0.6 is 11.8 Å². The number of carbonyl (C=O) groups is 1. The van der Waals surface area contributed by atoms with Crippen molar-refractivity contribution in [1.82, 2.24) is 25.1 Å². The molecule has 1 saturated heterocycles. The molecule has 2 heterocycles. The standard InChI is InChI=1S/C19H18FN5OS/c20-15-9-6-10-16(13-15)25-19(21-22-23-25)27-17(14-7-2-1-3-8-14)18(26)24-11-4-5-12-24/h1-3,6-10,13,17H,4-5,11-12H2/t17-/m0/s1. The predicted molar refractivity (Wildman–Crippen MR) is 100.0 cm³/mol. The normalized spacial score (nSPS) is 15.1. The lowest BCUT2D eigenvalue weighted by molar-refractivity contribution is -0.129. The molecule has 1 fully saturated rings. The summed E-state index contributed by atoms with van der Waals surface area (Å²) in [5.74, 6) is -0.316. The number of hydrogen-bond acceptors (Lipinski definition) is 5. The van der Waals surface area contributed by atoms with Gasteiger partial charge in [-0.3, -0.25) is 4.79 Å². The maximum Gasteiger partial charge on any atom is 0.240 e. The zero-order valence-electron chi connectivity index (χ0n) is 14.5. The number of thioether (sulfide) groups is 1. The van der Waals surface area contributed by atoms with Crippen molar-refractivity contribution in [2.75, 3.05) is 13.1 Å². The summed E-state index contributed by atoms with van der Waals surface area (Å²) in [6.07, 6.45) is 2.05. The minimum atomic E-state index is -0.456. The van der Waals surface area contributed by atoms with Crippen LogP contribution in [0.1, 0.15) is 23.7 Å². The Morgan fingerprint density at radius 2 is 1.85 bits per heavy atom. The molecule has 0 saturated carbocycles. The van der Waals surface area contributed by atoms with E-state index in [0.29, 0.717) is 10.8 Å². The van der Waals surface area contributed by atoms with Gasteiger partial charge in [-0.05, 0) is 47.0 Å². The van der Waals surface area contributed by atoms with E-state index in [1.54, 1.807) is 12.1 Å². The third kappa shape index (κ3) is 3.85. The van der Waals surface area contributed by atoms with Crippen molar-refractivity contribution >= 4 is 17.7 Å². The zero-order chi connectivity index (χ0) is 18.6. The number of aromatic nitrogens is 4. The Kier molecular flexibility index (Phi) is 5.15. The van der Waals surface area contributed by atoms with Crippen LogP contribution in [0.15, 0.2) is 59.8 Å². The van der Waals surface area contributed by atoms with Gasteiger partial charge in [0.15, 0.2) is 0 Å². The van der Waals surface area contributed by atoms with E-state index in [1.165, 1.54) is 28.6 Å². The van der Waals surface area contributed by atoms with Gasteiger partial charge in [0.1, 0.15) is 11.1 Å². The molecule has 27 heavy (non-hydrogen) atoms. The fraction of sp³-hybridized carbons (Fsp3) is 0.263. The van der Waals surface area contributed by atoms with Crippen LogP contribution in [0.4, 0.5) is 4.39 Å². The van der Waals surface area contributed by atoms with E-state index in [9.17, 15) is 9.18 Å². The van der Waals surface area contributed by atoms with Crippen LogP contribution in [0.25, 0.3) is 5.69 Å². The number of nitrogens with zero attached hydrogens (tertiary/aromatic N) is 5. The maximum atomic E-state index is 13.6. The molecule has 0 unspecified atom stereocenters. The fourth-order valence-electron chi connectivity index (χ4n) is 3.12. The lowest BCUT2D eigenvalue weighted by Gasteiger charge is -2.22. The molecule has 0 aliphatic carbocycles. The van der Waals surface area contributed by atoms with Gasteiger partial charge in [-0.1, -0.05) is 48.2 Å². The first-order chi connectivity index (χ1) is 13.2. The summed E-state index contributed by atoms with van der Waals surface area (Å²) < 4.78 is 15.1. The number of benzene rings is 2. The number of amides is 1. The smallest absolute Gasteiger partial charge is 0.240 e. The Hall–Kier alpha value is -2.74. The molecular weight excluding hydrogens is 365 g/mol. The van der Waals surface area contributed by atoms with E-state index in [4.69, 9.17) is 0 Å². The van der Waals surface area contributed by atoms with E-state index in [2.05, 4.69) is 15.5 Å². The molecule has 6 nitrogen and oxygen atoms in total. The number of likely N-dealkylation sites (tertiary alicyclic amines) is 1. The zero-order valence-corrected chi connectivity index (χ0v) is 15.3. The van der Waals surface area contributed by atoms with E-state index in [-0.39, 0.29) is 11.7 Å². The Bertz CT molecular complexity index is 927. The monoisotopic (exact) mass is 383 g/mol. The molecule has 1 aliphatic heterocycles. The Labute approximate surface area is 160 Å². The predicted octanol–water partition coefficient (Wildman–Crippen LogP) is 3.26. The molecule has 0 radical (unpaired) electrons. The second-order valence-electron chi connectivity index (χ2n) is 6.29. The average molecular weight is 383 g/mol. The minimum Gasteiger partial charge on any atom is -0.341 e. The highest BCUT2D eigenvalue weighted by Gasteiger charge is 2.30. The molecule has 1 aliphatic rings. The van der Waals surface area contributed by atoms with Crippen molar-refractivity contribution < 1.29 is 9.18 Å². The number of rotatable bonds is 5. The van der Waals surface area contributed by atoms with Gasteiger partial charge in [0.05, 0.1) is 5.69 Å². The van der Waals surface area contributed by atoms with E-state index < -0.39 is 5.25 Å². The molecule has 8 heteroatoms. The van der Waals surface area contributed by atoms with Gasteiger partial charge in [0, 0.05) is 13.1 Å². The number of tetrazole rings is 1. The Balaban J connectivity index is 1.67. The lowest BCUT2D eigenvalue weighted by atomic mass is 10.1. The molecule has 4 rings (SSSR count). The number of halogens is 1. The Morgan fingerprint density at radius 1 is 1.07 bits per heavy atom. The molecule has 0 bridgehead atoms. The van der Waals surface area contributed by atoms with Crippen LogP contribution in [0.2, 0.25) is 0 Å². The summed E-state index contributed by atoms with van der Waals surface area (Å²) in [4.78, 5) is 15.0. The highest BCUT2D eigenvalue weighted by Crippen LogP contribution is 2.36. The summed E-state index contributed by atoms with van der Waals surface area (Å²) in [7, 11) is 0. The molecule has 1 aromatic heterocycles. The van der Waals surface area contributed by atoms with Crippen LogP contribution < -0.4 is 0 Å². The first-order valence-electron chi connectivity index (χ1n) is 8.77. The molecule has 1 atom stereocenters. The van der Waals surface area contributed by atoms with E-state index in [1.807, 2.05) is 35.2 Å². The van der Waals surface area contributed by atoms with Crippen molar-refractivity contribution in [2.24, 2.45) is 0 Å². The second-order valence-corrected chi connectivity index (χ2v) is 7.37. The van der Waals surface area contributed by atoms with Crippen molar-refractivity contribution in [1.29, 1.82) is 0 Å². The van der Waals surface area contributed by atoms with Crippen LogP contribution in [0.3, 0.4) is 0 Å². The first kappa shape index (κ1) is 17.7. The summed E-state index contributed by atoms with van der Waals surface area (Å²) in [5, 5.41) is 11.8. The van der Waals surface area contributed by atoms with Crippen LogP contribution in [0.5, 0.6) is 0 Å². The maximum absolute atomic E-state index is 13.6. The topological polar surface area (TPSA) is 63.9 Å². The van der Waals surface area contributed by atoms with Crippen molar-refractivity contribution in [2.45, 2.75) is 23.2 Å². The average Bonchev–Trinajstić information content (AvgIpc) is 3.38. The number of hydrogen-bond donors (Lipinski definition) is 0. The third-order valence-electron chi connectivity index (χ3n) is 4.46. The van der Waals surface area contributed by atoms with E-state index >= 15 is 0 Å². The summed E-state index contributed by atoms with van der Waals surface area (Å²) >= 11 is 1.28. The van der Waals surface area contributed by atoms with Gasteiger partial charge >= 0.3 is 0 Å². The summed E-state index contributed by atoms with van der Waals surface area (Å²) in [5.41, 5.74) is 1.41. The molecule has 0 spiro atoms. The molecule has 2 aromatic carbocycles. The van der Waals surface area contributed by atoms with Crippen molar-refractivity contribution in [3.63, 3.8) is 0 Å². The molecule has 0 N–H and O–H groups in total. The van der Waals surface area contributed by atoms with Gasteiger partial charge < -0.3 is 4.90 Å². The van der Waals surface area contributed by atoms with Crippen LogP contribution in [-0.2, 0) is 4.79 Å². The first-order valence-corrected chi connectivity index (χ1v) is 9.65. The van der Waals surface area contributed by atoms with Gasteiger partial charge in [0.2, 0.25) is 11.1 Å². The van der Waals surface area contributed by atoms with Gasteiger partial charge in [-0.25, -0.2) is 4.39 Å². The van der Waals surface area contributed by atoms with Gasteiger partial charge in [-0.15, -0.1) is 5.10 Å². The van der Waals surface area contributed by atoms with Crippen LogP contribution in [0, 0.1) is 5.82 Å². The lowest BCUT2D eigenvalue weighted by Crippen LogP contribution is -2.31.